The topological polar surface area (TPSA) is 61.8 Å². The number of benzene rings is 1. The third-order valence-corrected chi connectivity index (χ3v) is 7.65. The molecule has 0 unspecified atom stereocenters. The summed E-state index contributed by atoms with van der Waals surface area (Å²) in [6.45, 7) is 11.8. The lowest BCUT2D eigenvalue weighted by Gasteiger charge is -2.40. The van der Waals surface area contributed by atoms with Crippen LogP contribution in [0.3, 0.4) is 0 Å². The minimum atomic E-state index is -3.05. The summed E-state index contributed by atoms with van der Waals surface area (Å²) >= 11 is 0. The predicted octanol–water partition coefficient (Wildman–Crippen LogP) is 2.98. The number of hydrogen-bond donors (Lipinski definition) is 1. The molecule has 0 amide bonds. The third kappa shape index (κ3) is 4.91. The number of nitrogens with one attached hydrogen (secondary N) is 1. The smallest absolute Gasteiger partial charge is 0.193 e. The molecule has 0 atom stereocenters. The SMILES string of the molecule is CN=C(NCC(C)(C)c1ccccc1C)N1CCS(=O)(=O)C(C)(C)C1.I. The molecule has 1 heterocycles. The van der Waals surface area contributed by atoms with E-state index in [9.17, 15) is 8.42 Å². The van der Waals surface area contributed by atoms with Crippen molar-refractivity contribution < 1.29 is 8.42 Å². The Morgan fingerprint density at radius 1 is 1.31 bits per heavy atom. The molecule has 0 saturated carbocycles. The number of aryl methyl sites for hydroxylation is 1. The zero-order chi connectivity index (χ0) is 18.9. The summed E-state index contributed by atoms with van der Waals surface area (Å²) in [5, 5.41) is 3.45. The van der Waals surface area contributed by atoms with Crippen molar-refractivity contribution in [3.8, 4) is 0 Å². The van der Waals surface area contributed by atoms with Gasteiger partial charge in [0.2, 0.25) is 0 Å². The maximum absolute atomic E-state index is 12.2. The monoisotopic (exact) mass is 493 g/mol. The molecule has 7 heteroatoms. The van der Waals surface area contributed by atoms with Crippen LogP contribution >= 0.6 is 24.0 Å². The number of hydrogen-bond acceptors (Lipinski definition) is 3. The van der Waals surface area contributed by atoms with Crippen LogP contribution in [-0.4, -0.2) is 56.5 Å². The van der Waals surface area contributed by atoms with Crippen molar-refractivity contribution in [1.29, 1.82) is 0 Å². The van der Waals surface area contributed by atoms with Crippen LogP contribution in [0, 0.1) is 6.92 Å². The molecular formula is C19H32IN3O2S. The molecule has 1 aliphatic rings. The summed E-state index contributed by atoms with van der Waals surface area (Å²) in [6.07, 6.45) is 0. The van der Waals surface area contributed by atoms with Crippen molar-refractivity contribution in [2.45, 2.75) is 44.8 Å². The first-order valence-electron chi connectivity index (χ1n) is 8.74. The number of nitrogens with zero attached hydrogens (tertiary/aromatic N) is 2. The molecule has 2 rings (SSSR count). The summed E-state index contributed by atoms with van der Waals surface area (Å²) in [7, 11) is -1.30. The summed E-state index contributed by atoms with van der Waals surface area (Å²) in [5.41, 5.74) is 2.52. The van der Waals surface area contributed by atoms with Gasteiger partial charge in [-0.25, -0.2) is 8.42 Å². The van der Waals surface area contributed by atoms with Crippen LogP contribution in [0.4, 0.5) is 0 Å². The highest BCUT2D eigenvalue weighted by Crippen LogP contribution is 2.26. The van der Waals surface area contributed by atoms with Gasteiger partial charge in [0.15, 0.2) is 15.8 Å². The van der Waals surface area contributed by atoms with E-state index in [-0.39, 0.29) is 35.1 Å². The molecule has 1 saturated heterocycles. The van der Waals surface area contributed by atoms with Crippen LogP contribution in [0.15, 0.2) is 29.3 Å². The molecule has 0 radical (unpaired) electrons. The van der Waals surface area contributed by atoms with Gasteiger partial charge in [-0.3, -0.25) is 4.99 Å². The number of halogens is 1. The van der Waals surface area contributed by atoms with Crippen molar-refractivity contribution in [3.05, 3.63) is 35.4 Å². The summed E-state index contributed by atoms with van der Waals surface area (Å²) in [6, 6.07) is 8.41. The first-order valence-corrected chi connectivity index (χ1v) is 10.4. The van der Waals surface area contributed by atoms with Crippen molar-refractivity contribution in [1.82, 2.24) is 10.2 Å². The van der Waals surface area contributed by atoms with E-state index in [0.717, 1.165) is 12.5 Å². The third-order valence-electron chi connectivity index (χ3n) is 5.12. The van der Waals surface area contributed by atoms with Gasteiger partial charge in [0.05, 0.1) is 10.5 Å². The molecule has 0 spiro atoms. The average molecular weight is 493 g/mol. The number of guanidine groups is 1. The van der Waals surface area contributed by atoms with Crippen molar-refractivity contribution in [2.24, 2.45) is 4.99 Å². The molecule has 0 aromatic heterocycles. The number of rotatable bonds is 3. The molecular weight excluding hydrogens is 461 g/mol. The van der Waals surface area contributed by atoms with E-state index in [0.29, 0.717) is 13.1 Å². The molecule has 1 N–H and O–H groups in total. The Labute approximate surface area is 175 Å². The second-order valence-electron chi connectivity index (χ2n) is 8.10. The highest BCUT2D eigenvalue weighted by Gasteiger charge is 2.41. The Kier molecular flexibility index (Phi) is 7.55. The van der Waals surface area contributed by atoms with E-state index < -0.39 is 14.6 Å². The Morgan fingerprint density at radius 2 is 1.92 bits per heavy atom. The summed E-state index contributed by atoms with van der Waals surface area (Å²) in [5.74, 6) is 0.937. The molecule has 26 heavy (non-hydrogen) atoms. The molecule has 1 fully saturated rings. The molecule has 5 nitrogen and oxygen atoms in total. The fraction of sp³-hybridized carbons (Fsp3) is 0.632. The first kappa shape index (κ1) is 23.2. The fourth-order valence-electron chi connectivity index (χ4n) is 3.38. The van der Waals surface area contributed by atoms with Gasteiger partial charge < -0.3 is 10.2 Å². The Bertz CT molecular complexity index is 758. The molecule has 0 aliphatic carbocycles. The Hall–Kier alpha value is -0.830. The Morgan fingerprint density at radius 3 is 2.46 bits per heavy atom. The van der Waals surface area contributed by atoms with Gasteiger partial charge in [0.25, 0.3) is 0 Å². The van der Waals surface area contributed by atoms with Gasteiger partial charge in [-0.15, -0.1) is 24.0 Å². The van der Waals surface area contributed by atoms with Crippen molar-refractivity contribution in [3.63, 3.8) is 0 Å². The Balaban J connectivity index is 0.00000338. The van der Waals surface area contributed by atoms with Crippen LogP contribution in [0.5, 0.6) is 0 Å². The van der Waals surface area contributed by atoms with E-state index in [2.05, 4.69) is 60.2 Å². The first-order chi connectivity index (χ1) is 11.5. The molecule has 1 aliphatic heterocycles. The van der Waals surface area contributed by atoms with Crippen LogP contribution < -0.4 is 5.32 Å². The number of sulfone groups is 1. The highest BCUT2D eigenvalue weighted by atomic mass is 127. The van der Waals surface area contributed by atoms with Crippen molar-refractivity contribution >= 4 is 39.8 Å². The summed E-state index contributed by atoms with van der Waals surface area (Å²) in [4.78, 5) is 6.43. The van der Waals surface area contributed by atoms with Gasteiger partial charge in [0.1, 0.15) is 0 Å². The zero-order valence-corrected chi connectivity index (χ0v) is 19.8. The second kappa shape index (κ2) is 8.46. The van der Waals surface area contributed by atoms with Gasteiger partial charge in [0, 0.05) is 32.1 Å². The second-order valence-corrected chi connectivity index (χ2v) is 10.8. The van der Waals surface area contributed by atoms with E-state index in [1.807, 2.05) is 0 Å². The lowest BCUT2D eigenvalue weighted by atomic mass is 9.82. The van der Waals surface area contributed by atoms with Crippen molar-refractivity contribution in [2.75, 3.05) is 32.4 Å². The number of aliphatic imine (C=N–C) groups is 1. The maximum Gasteiger partial charge on any atom is 0.193 e. The van der Waals surface area contributed by atoms with Crippen LogP contribution in [0.2, 0.25) is 0 Å². The largest absolute Gasteiger partial charge is 0.355 e. The molecule has 1 aromatic carbocycles. The summed E-state index contributed by atoms with van der Waals surface area (Å²) < 4.78 is 23.7. The maximum atomic E-state index is 12.2. The highest BCUT2D eigenvalue weighted by molar-refractivity contribution is 14.0. The standard InChI is InChI=1S/C19H31N3O2S.HI/c1-15-9-7-8-10-16(15)18(2,3)13-21-17(20-6)22-11-12-25(23,24)19(4,5)14-22;/h7-10H,11-14H2,1-6H3,(H,20,21);1H. The minimum absolute atomic E-state index is 0. The van der Waals surface area contributed by atoms with Crippen LogP contribution in [0.1, 0.15) is 38.8 Å². The fourth-order valence-corrected chi connectivity index (χ4v) is 4.75. The molecule has 1 aromatic rings. The quantitative estimate of drug-likeness (QED) is 0.400. The van der Waals surface area contributed by atoms with Crippen LogP contribution in [-0.2, 0) is 15.3 Å². The van der Waals surface area contributed by atoms with E-state index in [1.54, 1.807) is 20.9 Å². The average Bonchev–Trinajstić information content (AvgIpc) is 2.51. The normalized spacial score (nSPS) is 19.6. The molecule has 148 valence electrons. The van der Waals surface area contributed by atoms with E-state index in [4.69, 9.17) is 0 Å². The lowest BCUT2D eigenvalue weighted by molar-refractivity contribution is 0.349. The zero-order valence-electron chi connectivity index (χ0n) is 16.7. The van der Waals surface area contributed by atoms with E-state index >= 15 is 0 Å². The van der Waals surface area contributed by atoms with Gasteiger partial charge in [-0.2, -0.15) is 0 Å². The minimum Gasteiger partial charge on any atom is -0.355 e. The molecule has 0 bridgehead atoms. The van der Waals surface area contributed by atoms with E-state index in [1.165, 1.54) is 11.1 Å². The lowest BCUT2D eigenvalue weighted by Crippen LogP contribution is -2.58. The van der Waals surface area contributed by atoms with Gasteiger partial charge in [-0.05, 0) is 31.9 Å². The van der Waals surface area contributed by atoms with Gasteiger partial charge >= 0.3 is 0 Å². The predicted molar refractivity (Wildman–Crippen MR) is 120 cm³/mol. The van der Waals surface area contributed by atoms with Gasteiger partial charge in [-0.1, -0.05) is 38.1 Å². The van der Waals surface area contributed by atoms with Crippen LogP contribution in [0.25, 0.3) is 0 Å².